The molecule has 3 heterocycles. The summed E-state index contributed by atoms with van der Waals surface area (Å²) in [5.41, 5.74) is 0.344. The van der Waals surface area contributed by atoms with E-state index in [1.807, 2.05) is 0 Å². The van der Waals surface area contributed by atoms with Gasteiger partial charge in [0.25, 0.3) is 0 Å². The van der Waals surface area contributed by atoms with E-state index >= 15 is 0 Å². The van der Waals surface area contributed by atoms with Crippen LogP contribution in [0, 0.1) is 0 Å². The third kappa shape index (κ3) is 5.67. The maximum absolute atomic E-state index is 13.4. The number of hydrogen-bond donors (Lipinski definition) is 9. The predicted octanol–water partition coefficient (Wildman–Crippen LogP) is -2.63. The zero-order valence-corrected chi connectivity index (χ0v) is 21.7. The Bertz CT molecular complexity index is 1310. The molecular weight excluding hydrogens is 564 g/mol. The van der Waals surface area contributed by atoms with Crippen LogP contribution in [0.15, 0.2) is 42.2 Å². The van der Waals surface area contributed by atoms with Gasteiger partial charge in [-0.2, -0.15) is 0 Å². The van der Waals surface area contributed by atoms with Gasteiger partial charge >= 0.3 is 0 Å². The van der Waals surface area contributed by atoms with Crippen LogP contribution in [-0.4, -0.2) is 126 Å². The highest BCUT2D eigenvalue weighted by Gasteiger charge is 2.47. The molecule has 5 rings (SSSR count). The van der Waals surface area contributed by atoms with Crippen molar-refractivity contribution in [3.8, 4) is 23.0 Å². The lowest BCUT2D eigenvalue weighted by atomic mass is 9.99. The van der Waals surface area contributed by atoms with Crippen LogP contribution in [0.25, 0.3) is 6.08 Å². The van der Waals surface area contributed by atoms with Gasteiger partial charge in [-0.15, -0.1) is 0 Å². The first-order valence-electron chi connectivity index (χ1n) is 12.9. The van der Waals surface area contributed by atoms with E-state index in [1.165, 1.54) is 36.4 Å². The van der Waals surface area contributed by atoms with Crippen molar-refractivity contribution in [2.45, 2.75) is 61.4 Å². The smallest absolute Gasteiger partial charge is 0.235 e. The molecule has 0 aliphatic carbocycles. The van der Waals surface area contributed by atoms with E-state index in [0.717, 1.165) is 6.07 Å². The molecule has 0 bridgehead atoms. The number of aliphatic hydroxyl groups is 8. The van der Waals surface area contributed by atoms with Crippen molar-refractivity contribution in [3.05, 3.63) is 53.3 Å². The number of benzene rings is 2. The molecule has 0 radical (unpaired) electrons. The molecule has 2 aromatic carbocycles. The van der Waals surface area contributed by atoms with E-state index in [9.17, 15) is 50.8 Å². The zero-order chi connectivity index (χ0) is 30.3. The molecule has 10 atom stereocenters. The Labute approximate surface area is 237 Å². The number of fused-ring (bicyclic) bond motifs is 1. The second-order valence-electron chi connectivity index (χ2n) is 9.96. The van der Waals surface area contributed by atoms with Gasteiger partial charge in [0.05, 0.1) is 13.2 Å². The molecule has 15 heteroatoms. The van der Waals surface area contributed by atoms with Crippen molar-refractivity contribution >= 4 is 11.9 Å². The van der Waals surface area contributed by atoms with Gasteiger partial charge in [0, 0.05) is 12.1 Å². The number of Topliss-reactive ketones (excluding diaryl/α,β-unsaturated/α-hetero) is 1. The Morgan fingerprint density at radius 1 is 0.738 bits per heavy atom. The summed E-state index contributed by atoms with van der Waals surface area (Å²) in [7, 11) is 0. The molecule has 2 fully saturated rings. The number of hydrogen-bond acceptors (Lipinski definition) is 15. The lowest BCUT2D eigenvalue weighted by molar-refractivity contribution is -0.278. The lowest BCUT2D eigenvalue weighted by Crippen LogP contribution is -2.60. The van der Waals surface area contributed by atoms with Crippen molar-refractivity contribution in [2.75, 3.05) is 13.2 Å². The number of carbonyl (C=O) groups excluding carboxylic acids is 1. The zero-order valence-electron chi connectivity index (χ0n) is 21.7. The summed E-state index contributed by atoms with van der Waals surface area (Å²) in [6, 6.07) is 8.25. The van der Waals surface area contributed by atoms with E-state index in [2.05, 4.69) is 0 Å². The SMILES string of the molecule is O=C1C(=Cc2ccc(O)cc2)Oc2cc(OC3OC(CO)C(O)C(O)C3O)cc(OC3OC(CO)C(O)C(O)C3O)c21. The number of phenolic OH excluding ortho intramolecular Hbond substituents is 1. The molecule has 0 spiro atoms. The average Bonchev–Trinajstić information content (AvgIpc) is 3.29. The first-order valence-corrected chi connectivity index (χ1v) is 12.9. The Morgan fingerprint density at radius 2 is 1.29 bits per heavy atom. The van der Waals surface area contributed by atoms with Crippen molar-refractivity contribution in [3.63, 3.8) is 0 Å². The third-order valence-electron chi connectivity index (χ3n) is 7.09. The molecular formula is C27H30O15. The number of ether oxygens (including phenoxy) is 5. The number of aliphatic hydroxyl groups excluding tert-OH is 8. The van der Waals surface area contributed by atoms with Crippen molar-refractivity contribution in [1.29, 1.82) is 0 Å². The monoisotopic (exact) mass is 594 g/mol. The van der Waals surface area contributed by atoms with Crippen LogP contribution in [0.2, 0.25) is 0 Å². The van der Waals surface area contributed by atoms with Crippen molar-refractivity contribution in [2.24, 2.45) is 0 Å². The predicted molar refractivity (Wildman–Crippen MR) is 136 cm³/mol. The maximum Gasteiger partial charge on any atom is 0.235 e. The van der Waals surface area contributed by atoms with Gasteiger partial charge < -0.3 is 69.6 Å². The topological polar surface area (TPSA) is 245 Å². The molecule has 0 saturated carbocycles. The van der Waals surface area contributed by atoms with Gasteiger partial charge in [-0.05, 0) is 23.8 Å². The molecule has 10 unspecified atom stereocenters. The quantitative estimate of drug-likeness (QED) is 0.149. The highest BCUT2D eigenvalue weighted by Crippen LogP contribution is 2.43. The Hall–Kier alpha value is -3.35. The maximum atomic E-state index is 13.4. The Balaban J connectivity index is 1.50. The van der Waals surface area contributed by atoms with Crippen LogP contribution in [-0.2, 0) is 9.47 Å². The van der Waals surface area contributed by atoms with Crippen LogP contribution < -0.4 is 14.2 Å². The van der Waals surface area contributed by atoms with E-state index in [4.69, 9.17) is 23.7 Å². The number of aromatic hydroxyl groups is 1. The fourth-order valence-electron chi connectivity index (χ4n) is 4.72. The minimum atomic E-state index is -1.82. The molecule has 15 nitrogen and oxygen atoms in total. The summed E-state index contributed by atoms with van der Waals surface area (Å²) in [4.78, 5) is 13.4. The second kappa shape index (κ2) is 12.1. The molecule has 3 aliphatic rings. The molecule has 2 aromatic rings. The molecule has 9 N–H and O–H groups in total. The van der Waals surface area contributed by atoms with Crippen molar-refractivity contribution in [1.82, 2.24) is 0 Å². The number of phenols is 1. The summed E-state index contributed by atoms with van der Waals surface area (Å²) >= 11 is 0. The summed E-state index contributed by atoms with van der Waals surface area (Å²) < 4.78 is 28.0. The standard InChI is InChI=1S/C27H30O15/c28-8-16-20(32)22(34)24(36)26(41-16)38-12-6-13-18(19(31)15(39-13)5-10-1-3-11(30)4-2-10)14(7-12)40-27-25(37)23(35)21(33)17(9-29)42-27/h1-7,16-17,20-30,32-37H,8-9H2. The van der Waals surface area contributed by atoms with Crippen LogP contribution in [0.1, 0.15) is 15.9 Å². The van der Waals surface area contributed by atoms with E-state index in [0.29, 0.717) is 5.56 Å². The molecule has 3 aliphatic heterocycles. The van der Waals surface area contributed by atoms with Gasteiger partial charge in [0.15, 0.2) is 5.76 Å². The number of ketones is 1. The van der Waals surface area contributed by atoms with Crippen LogP contribution >= 0.6 is 0 Å². The number of carbonyl (C=O) groups is 1. The van der Waals surface area contributed by atoms with Gasteiger partial charge in [-0.25, -0.2) is 0 Å². The molecule has 0 amide bonds. The molecule has 42 heavy (non-hydrogen) atoms. The number of rotatable bonds is 7. The van der Waals surface area contributed by atoms with Crippen molar-refractivity contribution < 1.29 is 74.4 Å². The van der Waals surface area contributed by atoms with Gasteiger partial charge in [0.2, 0.25) is 18.4 Å². The van der Waals surface area contributed by atoms with Gasteiger partial charge in [0.1, 0.15) is 77.4 Å². The fraction of sp³-hybridized carbons (Fsp3) is 0.444. The highest BCUT2D eigenvalue weighted by molar-refractivity contribution is 6.16. The molecule has 0 aromatic heterocycles. The second-order valence-corrected chi connectivity index (χ2v) is 9.96. The number of allylic oxidation sites excluding steroid dienone is 1. The highest BCUT2D eigenvalue weighted by atomic mass is 16.7. The summed E-state index contributed by atoms with van der Waals surface area (Å²) in [5, 5.41) is 89.9. The van der Waals surface area contributed by atoms with Gasteiger partial charge in [-0.3, -0.25) is 4.79 Å². The summed E-state index contributed by atoms with van der Waals surface area (Å²) in [6.45, 7) is -1.44. The average molecular weight is 595 g/mol. The van der Waals surface area contributed by atoms with E-state index < -0.39 is 80.4 Å². The van der Waals surface area contributed by atoms with Crippen LogP contribution in [0.3, 0.4) is 0 Å². The molecule has 2 saturated heterocycles. The van der Waals surface area contributed by atoms with Crippen LogP contribution in [0.5, 0.6) is 23.0 Å². The minimum absolute atomic E-state index is 0.00398. The van der Waals surface area contributed by atoms with E-state index in [1.54, 1.807) is 0 Å². The van der Waals surface area contributed by atoms with Gasteiger partial charge in [-0.1, -0.05) is 12.1 Å². The fourth-order valence-corrected chi connectivity index (χ4v) is 4.72. The van der Waals surface area contributed by atoms with Crippen LogP contribution in [0.4, 0.5) is 0 Å². The largest absolute Gasteiger partial charge is 0.508 e. The first kappa shape index (κ1) is 30.1. The first-order chi connectivity index (χ1) is 20.0. The Kier molecular flexibility index (Phi) is 8.68. The molecule has 228 valence electrons. The normalized spacial score (nSPS) is 35.5. The summed E-state index contributed by atoms with van der Waals surface area (Å²) in [6.07, 6.45) is -14.9. The third-order valence-corrected chi connectivity index (χ3v) is 7.09. The summed E-state index contributed by atoms with van der Waals surface area (Å²) in [5.74, 6) is -1.39. The lowest BCUT2D eigenvalue weighted by Gasteiger charge is -2.40. The Morgan fingerprint density at radius 3 is 1.83 bits per heavy atom. The minimum Gasteiger partial charge on any atom is -0.508 e. The van der Waals surface area contributed by atoms with E-state index in [-0.39, 0.29) is 34.3 Å².